The fourth-order valence-electron chi connectivity index (χ4n) is 3.71. The van der Waals surface area contributed by atoms with Crippen LogP contribution in [-0.2, 0) is 12.7 Å². The largest absolute Gasteiger partial charge is 0.416 e. The maximum Gasteiger partial charge on any atom is 0.416 e. The molecule has 1 saturated carbocycles. The molecule has 4 N–H and O–H groups in total. The first-order valence-corrected chi connectivity index (χ1v) is 10.0. The molecule has 2 atom stereocenters. The second-order valence-electron chi connectivity index (χ2n) is 7.50. The third-order valence-corrected chi connectivity index (χ3v) is 5.41. The molecule has 0 radical (unpaired) electrons. The molecule has 0 aliphatic heterocycles. The number of hydrogen-bond acceptors (Lipinski definition) is 6. The highest BCUT2D eigenvalue weighted by Gasteiger charge is 2.30. The van der Waals surface area contributed by atoms with E-state index in [4.69, 9.17) is 5.73 Å². The fraction of sp³-hybridized carbons (Fsp3) is 0.450. The molecule has 0 saturated heterocycles. The molecule has 10 heteroatoms. The number of fused-ring (bicyclic) bond motifs is 1. The minimum Gasteiger partial charge on any atom is -0.350 e. The number of hydrogen-bond donors (Lipinski definition) is 3. The molecule has 7 nitrogen and oxygen atoms in total. The molecule has 4 rings (SSSR count). The number of nitrogens with two attached hydrogens (primary N) is 1. The molecule has 0 unspecified atom stereocenters. The predicted molar refractivity (Wildman–Crippen MR) is 110 cm³/mol. The summed E-state index contributed by atoms with van der Waals surface area (Å²) in [4.78, 5) is 13.6. The van der Waals surface area contributed by atoms with Crippen molar-refractivity contribution in [2.45, 2.75) is 57.4 Å². The third-order valence-electron chi connectivity index (χ3n) is 5.41. The van der Waals surface area contributed by atoms with Gasteiger partial charge in [-0.05, 0) is 44.0 Å². The Hall–Kier alpha value is -2.88. The van der Waals surface area contributed by atoms with Crippen LogP contribution in [-0.4, -0.2) is 31.6 Å². The molecule has 2 aromatic heterocycles. The first kappa shape index (κ1) is 20.4. The summed E-state index contributed by atoms with van der Waals surface area (Å²) in [5, 5.41) is 6.43. The highest BCUT2D eigenvalue weighted by atomic mass is 19.4. The van der Waals surface area contributed by atoms with Gasteiger partial charge in [0.25, 0.3) is 0 Å². The Morgan fingerprint density at radius 2 is 1.87 bits per heavy atom. The molecule has 0 bridgehead atoms. The van der Waals surface area contributed by atoms with Gasteiger partial charge < -0.3 is 20.9 Å². The Bertz CT molecular complexity index is 1010. The molecular weight excluding hydrogens is 395 g/mol. The smallest absolute Gasteiger partial charge is 0.350 e. The number of aryl methyl sites for hydroxylation is 1. The van der Waals surface area contributed by atoms with Crippen LogP contribution >= 0.6 is 0 Å². The van der Waals surface area contributed by atoms with E-state index >= 15 is 0 Å². The highest BCUT2D eigenvalue weighted by Crippen LogP contribution is 2.31. The van der Waals surface area contributed by atoms with Crippen LogP contribution in [0, 0.1) is 0 Å². The second-order valence-corrected chi connectivity index (χ2v) is 7.50. The molecule has 3 aromatic rings. The fourth-order valence-corrected chi connectivity index (χ4v) is 3.71. The number of nitrogens with zero attached hydrogens (tertiary/aromatic N) is 4. The minimum absolute atomic E-state index is 0.0282. The van der Waals surface area contributed by atoms with Crippen LogP contribution in [0.25, 0.3) is 11.2 Å². The van der Waals surface area contributed by atoms with Gasteiger partial charge in [-0.3, -0.25) is 0 Å². The van der Waals surface area contributed by atoms with Crippen molar-refractivity contribution in [1.82, 2.24) is 19.5 Å². The molecular formula is C20H24F3N7. The Kier molecular flexibility index (Phi) is 5.50. The average Bonchev–Trinajstić information content (AvgIpc) is 3.13. The lowest BCUT2D eigenvalue weighted by molar-refractivity contribution is -0.137. The number of rotatable bonds is 5. The highest BCUT2D eigenvalue weighted by molar-refractivity contribution is 5.86. The zero-order valence-electron chi connectivity index (χ0n) is 16.6. The number of imidazole rings is 1. The topological polar surface area (TPSA) is 93.7 Å². The van der Waals surface area contributed by atoms with Crippen LogP contribution in [0.2, 0.25) is 0 Å². The number of nitrogens with one attached hydrogen (secondary N) is 2. The number of aromatic nitrogens is 4. The monoisotopic (exact) mass is 419 g/mol. The number of benzene rings is 1. The van der Waals surface area contributed by atoms with Crippen molar-refractivity contribution < 1.29 is 13.2 Å². The van der Waals surface area contributed by atoms with Gasteiger partial charge in [0.15, 0.2) is 17.0 Å². The van der Waals surface area contributed by atoms with E-state index in [1.165, 1.54) is 12.1 Å². The van der Waals surface area contributed by atoms with Crippen LogP contribution < -0.4 is 16.4 Å². The molecule has 2 heterocycles. The average molecular weight is 419 g/mol. The summed E-state index contributed by atoms with van der Waals surface area (Å²) in [6, 6.07) is 4.92. The SMILES string of the molecule is CCn1cnc2c(Nc3ccc(C(F)(F)F)cc3)nc(N[C@@H]3CCCC[C@@H]3N)nc21. The van der Waals surface area contributed by atoms with Crippen molar-refractivity contribution in [1.29, 1.82) is 0 Å². The molecule has 1 aliphatic carbocycles. The van der Waals surface area contributed by atoms with Crippen molar-refractivity contribution >= 4 is 28.6 Å². The molecule has 30 heavy (non-hydrogen) atoms. The molecule has 160 valence electrons. The Labute approximate surface area is 171 Å². The van der Waals surface area contributed by atoms with E-state index in [1.807, 2.05) is 11.5 Å². The van der Waals surface area contributed by atoms with Gasteiger partial charge in [0.1, 0.15) is 0 Å². The summed E-state index contributed by atoms with van der Waals surface area (Å²) >= 11 is 0. The van der Waals surface area contributed by atoms with Gasteiger partial charge in [0.2, 0.25) is 5.95 Å². The molecule has 1 aromatic carbocycles. The summed E-state index contributed by atoms with van der Waals surface area (Å²) in [7, 11) is 0. The Balaban J connectivity index is 1.66. The van der Waals surface area contributed by atoms with Crippen molar-refractivity contribution in [3.05, 3.63) is 36.2 Å². The quantitative estimate of drug-likeness (QED) is 0.571. The van der Waals surface area contributed by atoms with Crippen molar-refractivity contribution in [2.75, 3.05) is 10.6 Å². The van der Waals surface area contributed by atoms with E-state index in [1.54, 1.807) is 6.33 Å². The molecule has 1 fully saturated rings. The summed E-state index contributed by atoms with van der Waals surface area (Å²) < 4.78 is 40.4. The van der Waals surface area contributed by atoms with Crippen LogP contribution in [0.5, 0.6) is 0 Å². The third kappa shape index (κ3) is 4.18. The summed E-state index contributed by atoms with van der Waals surface area (Å²) in [5.41, 5.74) is 7.22. The minimum atomic E-state index is -4.38. The first-order valence-electron chi connectivity index (χ1n) is 10.0. The van der Waals surface area contributed by atoms with Gasteiger partial charge >= 0.3 is 6.18 Å². The van der Waals surface area contributed by atoms with Crippen LogP contribution in [0.3, 0.4) is 0 Å². The lowest BCUT2D eigenvalue weighted by atomic mass is 9.91. The van der Waals surface area contributed by atoms with E-state index < -0.39 is 11.7 Å². The van der Waals surface area contributed by atoms with Gasteiger partial charge in [0.05, 0.1) is 11.9 Å². The lowest BCUT2D eigenvalue weighted by Crippen LogP contribution is -2.43. The van der Waals surface area contributed by atoms with E-state index in [9.17, 15) is 13.2 Å². The number of alkyl halides is 3. The molecule has 1 aliphatic rings. The zero-order valence-corrected chi connectivity index (χ0v) is 16.6. The number of anilines is 3. The lowest BCUT2D eigenvalue weighted by Gasteiger charge is -2.29. The maximum atomic E-state index is 12.8. The summed E-state index contributed by atoms with van der Waals surface area (Å²) in [6.45, 7) is 2.66. The van der Waals surface area contributed by atoms with Crippen LogP contribution in [0.15, 0.2) is 30.6 Å². The normalized spacial score (nSPS) is 19.8. The van der Waals surface area contributed by atoms with Crippen LogP contribution in [0.1, 0.15) is 38.2 Å². The molecule has 0 amide bonds. The zero-order chi connectivity index (χ0) is 21.3. The van der Waals surface area contributed by atoms with Gasteiger partial charge in [-0.1, -0.05) is 12.8 Å². The van der Waals surface area contributed by atoms with Crippen LogP contribution in [0.4, 0.5) is 30.6 Å². The summed E-state index contributed by atoms with van der Waals surface area (Å²) in [6.07, 6.45) is 1.39. The van der Waals surface area contributed by atoms with Crippen molar-refractivity contribution in [2.24, 2.45) is 5.73 Å². The van der Waals surface area contributed by atoms with Crippen molar-refractivity contribution in [3.8, 4) is 0 Å². The summed E-state index contributed by atoms with van der Waals surface area (Å²) in [5.74, 6) is 0.855. The Morgan fingerprint density at radius 1 is 1.13 bits per heavy atom. The van der Waals surface area contributed by atoms with Gasteiger partial charge in [-0.15, -0.1) is 0 Å². The number of halogens is 3. The van der Waals surface area contributed by atoms with Crippen molar-refractivity contribution in [3.63, 3.8) is 0 Å². The predicted octanol–water partition coefficient (Wildman–Crippen LogP) is 4.29. The van der Waals surface area contributed by atoms with E-state index in [-0.39, 0.29) is 12.1 Å². The maximum absolute atomic E-state index is 12.8. The second kappa shape index (κ2) is 8.10. The van der Waals surface area contributed by atoms with Gasteiger partial charge in [-0.25, -0.2) is 4.98 Å². The van der Waals surface area contributed by atoms with Gasteiger partial charge in [0, 0.05) is 24.3 Å². The first-order chi connectivity index (χ1) is 14.3. The van der Waals surface area contributed by atoms with E-state index in [0.29, 0.717) is 35.2 Å². The van der Waals surface area contributed by atoms with Gasteiger partial charge in [-0.2, -0.15) is 23.1 Å². The molecule has 0 spiro atoms. The Morgan fingerprint density at radius 3 is 2.53 bits per heavy atom. The van der Waals surface area contributed by atoms with E-state index in [0.717, 1.165) is 37.8 Å². The standard InChI is InChI=1S/C20H24F3N7/c1-2-30-11-25-16-17(26-13-9-7-12(8-10-13)20(21,22)23)28-19(29-18(16)30)27-15-6-4-3-5-14(15)24/h7-11,14-15H,2-6,24H2,1H3,(H2,26,27,28,29)/t14-,15+/m0/s1. The van der Waals surface area contributed by atoms with E-state index in [2.05, 4.69) is 25.6 Å².